The molecule has 0 unspecified atom stereocenters. The van der Waals surface area contributed by atoms with Gasteiger partial charge in [0, 0.05) is 22.2 Å². The zero-order chi connectivity index (χ0) is 46.1. The fourth-order valence-corrected chi connectivity index (χ4v) is 11.3. The second-order valence-corrected chi connectivity index (χ2v) is 18.3. The molecule has 0 amide bonds. The molecule has 0 bridgehead atoms. The number of nitrogens with zero attached hydrogens (tertiary/aromatic N) is 1. The van der Waals surface area contributed by atoms with Gasteiger partial charge in [0.05, 0.1) is 16.8 Å². The van der Waals surface area contributed by atoms with Gasteiger partial charge < -0.3 is 9.32 Å². The molecule has 0 fully saturated rings. The molecule has 326 valence electrons. The van der Waals surface area contributed by atoms with E-state index in [1.165, 1.54) is 70.6 Å². The second-order valence-electron chi connectivity index (χ2n) is 18.3. The van der Waals surface area contributed by atoms with Crippen LogP contribution in [0.5, 0.6) is 0 Å². The summed E-state index contributed by atoms with van der Waals surface area (Å²) in [5.41, 5.74) is 14.1. The molecule has 0 aliphatic heterocycles. The van der Waals surface area contributed by atoms with Gasteiger partial charge in [0.25, 0.3) is 0 Å². The van der Waals surface area contributed by atoms with Crippen molar-refractivity contribution in [3.8, 4) is 44.5 Å². The maximum Gasteiger partial charge on any atom is 0.145 e. The lowest BCUT2D eigenvalue weighted by atomic mass is 9.91. The monoisotopic (exact) mass is 889 g/mol. The van der Waals surface area contributed by atoms with Gasteiger partial charge in [-0.3, -0.25) is 0 Å². The van der Waals surface area contributed by atoms with Crippen molar-refractivity contribution in [1.29, 1.82) is 0 Å². The van der Waals surface area contributed by atoms with Crippen molar-refractivity contribution in [3.05, 3.63) is 261 Å². The predicted molar refractivity (Wildman–Crippen MR) is 298 cm³/mol. The molecule has 2 heteroatoms. The van der Waals surface area contributed by atoms with Crippen LogP contribution in [0.3, 0.4) is 0 Å². The van der Waals surface area contributed by atoms with E-state index in [9.17, 15) is 0 Å². The van der Waals surface area contributed by atoms with Crippen molar-refractivity contribution in [3.63, 3.8) is 0 Å². The summed E-state index contributed by atoms with van der Waals surface area (Å²) in [5, 5.41) is 14.6. The van der Waals surface area contributed by atoms with Crippen LogP contribution in [-0.4, -0.2) is 0 Å². The van der Waals surface area contributed by atoms with Crippen LogP contribution in [0.25, 0.3) is 120 Å². The third-order valence-corrected chi connectivity index (χ3v) is 14.5. The molecular weight excluding hydrogens is 847 g/mol. The van der Waals surface area contributed by atoms with Crippen molar-refractivity contribution < 1.29 is 4.42 Å². The maximum atomic E-state index is 7.10. The van der Waals surface area contributed by atoms with Crippen LogP contribution in [0.15, 0.2) is 265 Å². The van der Waals surface area contributed by atoms with Crippen molar-refractivity contribution in [2.75, 3.05) is 4.90 Å². The van der Waals surface area contributed by atoms with Crippen molar-refractivity contribution >= 4 is 92.9 Å². The Morgan fingerprint density at radius 3 is 1.51 bits per heavy atom. The maximum absolute atomic E-state index is 7.10. The number of para-hydroxylation sites is 2. The van der Waals surface area contributed by atoms with Crippen molar-refractivity contribution in [1.82, 2.24) is 0 Å². The number of hydrogen-bond acceptors (Lipinski definition) is 2. The largest absolute Gasteiger partial charge is 0.455 e. The molecule has 2 nitrogen and oxygen atoms in total. The van der Waals surface area contributed by atoms with Crippen molar-refractivity contribution in [2.45, 2.75) is 0 Å². The highest BCUT2D eigenvalue weighted by atomic mass is 16.3. The molecule has 0 saturated carbocycles. The highest BCUT2D eigenvalue weighted by Gasteiger charge is 2.26. The standard InChI is InChI=1S/C68H43NO/c1-2-18-45(19-3-1)49-21-6-7-24-52(49)59-30-14-16-32-64(59)69(48-37-34-44(35-38-48)46-36-39-58-55-27-10-9-25-53(55)54-26-11-13-29-57(54)62(58)42-46)65-41-40-60(68-67(65)61-31-15-17-33-66(61)70-68)63-43-47-20-4-5-22-50(47)51-23-8-12-28-56(51)63/h1-43H. The fourth-order valence-electron chi connectivity index (χ4n) is 11.3. The Hall–Kier alpha value is -9.24. The molecule has 0 atom stereocenters. The molecule has 14 rings (SSSR count). The van der Waals surface area contributed by atoms with Crippen LogP contribution in [0, 0.1) is 0 Å². The van der Waals surface area contributed by atoms with Crippen LogP contribution in [-0.2, 0) is 0 Å². The lowest BCUT2D eigenvalue weighted by Gasteiger charge is -2.29. The van der Waals surface area contributed by atoms with Gasteiger partial charge >= 0.3 is 0 Å². The lowest BCUT2D eigenvalue weighted by molar-refractivity contribution is 0.670. The van der Waals surface area contributed by atoms with Crippen LogP contribution in [0.2, 0.25) is 0 Å². The van der Waals surface area contributed by atoms with E-state index < -0.39 is 0 Å². The lowest BCUT2D eigenvalue weighted by Crippen LogP contribution is -2.12. The first kappa shape index (κ1) is 39.9. The Labute approximate surface area is 405 Å². The Balaban J connectivity index is 1.01. The average molecular weight is 890 g/mol. The Bertz CT molecular complexity index is 4320. The summed E-state index contributed by atoms with van der Waals surface area (Å²) >= 11 is 0. The zero-order valence-corrected chi connectivity index (χ0v) is 38.2. The molecule has 0 radical (unpaired) electrons. The van der Waals surface area contributed by atoms with Gasteiger partial charge in [-0.15, -0.1) is 0 Å². The molecule has 0 N–H and O–H groups in total. The van der Waals surface area contributed by atoms with E-state index in [-0.39, 0.29) is 0 Å². The second kappa shape index (κ2) is 16.2. The van der Waals surface area contributed by atoms with Gasteiger partial charge in [0.1, 0.15) is 11.2 Å². The van der Waals surface area contributed by atoms with E-state index in [0.29, 0.717) is 0 Å². The Morgan fingerprint density at radius 1 is 0.257 bits per heavy atom. The molecule has 14 aromatic rings. The molecule has 70 heavy (non-hydrogen) atoms. The molecule has 1 aromatic heterocycles. The summed E-state index contributed by atoms with van der Waals surface area (Å²) in [6, 6.07) is 94.9. The minimum absolute atomic E-state index is 0.853. The molecule has 0 aliphatic rings. The average Bonchev–Trinajstić information content (AvgIpc) is 3.84. The number of hydrogen-bond donors (Lipinski definition) is 0. The summed E-state index contributed by atoms with van der Waals surface area (Å²) < 4.78 is 7.10. The van der Waals surface area contributed by atoms with Gasteiger partial charge in [-0.05, 0) is 136 Å². The Morgan fingerprint density at radius 2 is 0.786 bits per heavy atom. The first-order chi connectivity index (χ1) is 34.7. The van der Waals surface area contributed by atoms with Crippen molar-refractivity contribution in [2.24, 2.45) is 0 Å². The van der Waals surface area contributed by atoms with E-state index in [0.717, 1.165) is 66.8 Å². The highest BCUT2D eigenvalue weighted by Crippen LogP contribution is 2.50. The fraction of sp³-hybridized carbons (Fsp3) is 0. The third-order valence-electron chi connectivity index (χ3n) is 14.5. The van der Waals surface area contributed by atoms with Gasteiger partial charge in [-0.2, -0.15) is 0 Å². The van der Waals surface area contributed by atoms with Gasteiger partial charge in [-0.1, -0.05) is 212 Å². The van der Waals surface area contributed by atoms with E-state index in [1.54, 1.807) is 0 Å². The van der Waals surface area contributed by atoms with Crippen LogP contribution < -0.4 is 4.90 Å². The number of fused-ring (bicyclic) bond motifs is 12. The topological polar surface area (TPSA) is 16.4 Å². The Kier molecular flexibility index (Phi) is 9.25. The van der Waals surface area contributed by atoms with E-state index in [4.69, 9.17) is 4.42 Å². The SMILES string of the molecule is c1ccc(-c2ccccc2-c2ccccc2N(c2ccc(-c3ccc4c5ccccc5c5ccccc5c4c3)cc2)c2ccc(-c3cc4ccccc4c4ccccc34)c3oc4ccccc4c23)cc1. The summed E-state index contributed by atoms with van der Waals surface area (Å²) in [4.78, 5) is 2.45. The predicted octanol–water partition coefficient (Wildman–Crippen LogP) is 19.5. The molecule has 0 aliphatic carbocycles. The zero-order valence-electron chi connectivity index (χ0n) is 38.2. The van der Waals surface area contributed by atoms with Gasteiger partial charge in [-0.25, -0.2) is 0 Å². The van der Waals surface area contributed by atoms with E-state index in [1.807, 2.05) is 0 Å². The molecule has 0 saturated heterocycles. The minimum Gasteiger partial charge on any atom is -0.455 e. The summed E-state index contributed by atoms with van der Waals surface area (Å²) in [7, 11) is 0. The van der Waals surface area contributed by atoms with Crippen LogP contribution in [0.4, 0.5) is 17.1 Å². The van der Waals surface area contributed by atoms with Crippen LogP contribution in [0.1, 0.15) is 0 Å². The van der Waals surface area contributed by atoms with E-state index in [2.05, 4.69) is 266 Å². The number of furan rings is 1. The first-order valence-corrected chi connectivity index (χ1v) is 24.1. The molecular formula is C68H43NO. The quantitative estimate of drug-likeness (QED) is 0.148. The molecule has 0 spiro atoms. The van der Waals surface area contributed by atoms with Gasteiger partial charge in [0.15, 0.2) is 0 Å². The molecule has 1 heterocycles. The van der Waals surface area contributed by atoms with Gasteiger partial charge in [0.2, 0.25) is 0 Å². The third kappa shape index (κ3) is 6.35. The number of anilines is 3. The first-order valence-electron chi connectivity index (χ1n) is 24.1. The van der Waals surface area contributed by atoms with Crippen LogP contribution >= 0.6 is 0 Å². The minimum atomic E-state index is 0.853. The highest BCUT2D eigenvalue weighted by molar-refractivity contribution is 6.26. The summed E-state index contributed by atoms with van der Waals surface area (Å²) in [5.74, 6) is 0. The summed E-state index contributed by atoms with van der Waals surface area (Å²) in [6.45, 7) is 0. The normalized spacial score (nSPS) is 11.7. The number of rotatable bonds is 7. The van der Waals surface area contributed by atoms with E-state index >= 15 is 0 Å². The number of benzene rings is 13. The summed E-state index contributed by atoms with van der Waals surface area (Å²) in [6.07, 6.45) is 0. The smallest absolute Gasteiger partial charge is 0.145 e. The molecule has 13 aromatic carbocycles.